The van der Waals surface area contributed by atoms with Gasteiger partial charge in [-0.15, -0.1) is 0 Å². The van der Waals surface area contributed by atoms with Gasteiger partial charge in [0, 0.05) is 29.9 Å². The molecule has 1 aliphatic heterocycles. The fourth-order valence-corrected chi connectivity index (χ4v) is 5.51. The molecule has 1 aliphatic carbocycles. The summed E-state index contributed by atoms with van der Waals surface area (Å²) in [7, 11) is 0. The van der Waals surface area contributed by atoms with Crippen LogP contribution in [0.1, 0.15) is 38.2 Å². The van der Waals surface area contributed by atoms with Crippen LogP contribution in [-0.2, 0) is 4.79 Å². The van der Waals surface area contributed by atoms with Crippen molar-refractivity contribution in [1.29, 1.82) is 0 Å². The molecule has 0 bridgehead atoms. The molecule has 2 N–H and O–H groups in total. The highest BCUT2D eigenvalue weighted by Gasteiger charge is 2.61. The number of pyridine rings is 1. The van der Waals surface area contributed by atoms with Crippen molar-refractivity contribution in [3.05, 3.63) is 58.1 Å². The molecule has 0 radical (unpaired) electrons. The van der Waals surface area contributed by atoms with E-state index in [2.05, 4.69) is 29.5 Å². The first kappa shape index (κ1) is 19.6. The Morgan fingerprint density at radius 3 is 2.71 bits per heavy atom. The number of aromatic nitrogens is 1. The second-order valence-electron chi connectivity index (χ2n) is 8.64. The van der Waals surface area contributed by atoms with Gasteiger partial charge in [0.25, 0.3) is 0 Å². The first-order valence-electron chi connectivity index (χ1n) is 9.32. The van der Waals surface area contributed by atoms with Gasteiger partial charge >= 0.3 is 0 Å². The summed E-state index contributed by atoms with van der Waals surface area (Å²) in [5.74, 6) is -1.31. The molecule has 2 atom stereocenters. The standard InChI is InChI=1S/C21H22Cl2FN3O/c1-20(2)10-21(11-20)17(19(28)27-12-6-7-25-16(23)8-12)14(9-26-21)13-4-3-5-15(22)18(13)24/h3-8,14,17,26H,9-11H2,1-2H3,(H,25,27,28). The third kappa shape index (κ3) is 3.40. The van der Waals surface area contributed by atoms with Gasteiger partial charge in [0.15, 0.2) is 0 Å². The Morgan fingerprint density at radius 1 is 1.29 bits per heavy atom. The van der Waals surface area contributed by atoms with Gasteiger partial charge in [-0.1, -0.05) is 49.2 Å². The lowest BCUT2D eigenvalue weighted by Crippen LogP contribution is -2.61. The van der Waals surface area contributed by atoms with Crippen LogP contribution >= 0.6 is 23.2 Å². The van der Waals surface area contributed by atoms with Crippen LogP contribution in [0.2, 0.25) is 10.2 Å². The van der Waals surface area contributed by atoms with E-state index in [4.69, 9.17) is 23.2 Å². The zero-order valence-electron chi connectivity index (χ0n) is 15.7. The van der Waals surface area contributed by atoms with Crippen LogP contribution in [-0.4, -0.2) is 23.0 Å². The van der Waals surface area contributed by atoms with Gasteiger partial charge in [0.2, 0.25) is 5.91 Å². The third-order valence-corrected chi connectivity index (χ3v) is 6.42. The lowest BCUT2D eigenvalue weighted by Gasteiger charge is -2.54. The smallest absolute Gasteiger partial charge is 0.230 e. The van der Waals surface area contributed by atoms with Gasteiger partial charge in [-0.3, -0.25) is 4.79 Å². The maximum absolute atomic E-state index is 14.8. The van der Waals surface area contributed by atoms with Crippen molar-refractivity contribution >= 4 is 34.8 Å². The SMILES string of the molecule is CC1(C)CC2(C1)NCC(c1cccc(Cl)c1F)C2C(=O)Nc1ccnc(Cl)c1. The predicted octanol–water partition coefficient (Wildman–Crippen LogP) is 5.03. The average Bonchev–Trinajstić information content (AvgIpc) is 2.95. The van der Waals surface area contributed by atoms with E-state index in [9.17, 15) is 9.18 Å². The van der Waals surface area contributed by atoms with E-state index in [0.29, 0.717) is 22.9 Å². The maximum atomic E-state index is 14.8. The molecule has 4 nitrogen and oxygen atoms in total. The van der Waals surface area contributed by atoms with E-state index < -0.39 is 11.7 Å². The zero-order valence-corrected chi connectivity index (χ0v) is 17.2. The molecule has 4 rings (SSSR count). The number of carbonyl (C=O) groups excluding carboxylic acids is 1. The first-order chi connectivity index (χ1) is 13.2. The fraction of sp³-hybridized carbons (Fsp3) is 0.429. The number of nitrogens with zero attached hydrogens (tertiary/aromatic N) is 1. The van der Waals surface area contributed by atoms with Crippen molar-refractivity contribution in [2.24, 2.45) is 11.3 Å². The minimum atomic E-state index is -0.448. The molecule has 2 unspecified atom stereocenters. The Morgan fingerprint density at radius 2 is 2.04 bits per heavy atom. The second-order valence-corrected chi connectivity index (χ2v) is 9.43. The Labute approximate surface area is 173 Å². The minimum Gasteiger partial charge on any atom is -0.326 e. The molecule has 148 valence electrons. The molecule has 2 fully saturated rings. The van der Waals surface area contributed by atoms with Crippen molar-refractivity contribution < 1.29 is 9.18 Å². The van der Waals surface area contributed by atoms with Crippen molar-refractivity contribution in [3.8, 4) is 0 Å². The minimum absolute atomic E-state index is 0.0764. The number of rotatable bonds is 3. The number of anilines is 1. The average molecular weight is 422 g/mol. The van der Waals surface area contributed by atoms with Gasteiger partial charge in [0.1, 0.15) is 11.0 Å². The van der Waals surface area contributed by atoms with E-state index in [1.807, 2.05) is 0 Å². The molecule has 2 aliphatic rings. The van der Waals surface area contributed by atoms with E-state index in [1.165, 1.54) is 6.07 Å². The van der Waals surface area contributed by atoms with Crippen LogP contribution in [0.5, 0.6) is 0 Å². The molecule has 7 heteroatoms. The predicted molar refractivity (Wildman–Crippen MR) is 109 cm³/mol. The number of nitrogens with one attached hydrogen (secondary N) is 2. The third-order valence-electron chi connectivity index (χ3n) is 5.92. The zero-order chi connectivity index (χ0) is 20.1. The Kier molecular flexibility index (Phi) is 4.89. The molecule has 2 heterocycles. The number of benzene rings is 1. The molecule has 1 saturated carbocycles. The van der Waals surface area contributed by atoms with Crippen LogP contribution in [0.4, 0.5) is 10.1 Å². The summed E-state index contributed by atoms with van der Waals surface area (Å²) in [6, 6.07) is 8.28. The van der Waals surface area contributed by atoms with Gasteiger partial charge in [0.05, 0.1) is 10.9 Å². The van der Waals surface area contributed by atoms with Gasteiger partial charge in [-0.05, 0) is 42.0 Å². The molecular formula is C21H22Cl2FN3O. The molecule has 1 aromatic carbocycles. The number of amides is 1. The number of hydrogen-bond donors (Lipinski definition) is 2. The number of halogens is 3. The first-order valence-corrected chi connectivity index (χ1v) is 10.1. The van der Waals surface area contributed by atoms with Crippen LogP contribution < -0.4 is 10.6 Å². The number of hydrogen-bond acceptors (Lipinski definition) is 3. The molecule has 1 aromatic heterocycles. The summed E-state index contributed by atoms with van der Waals surface area (Å²) in [6.07, 6.45) is 3.25. The summed E-state index contributed by atoms with van der Waals surface area (Å²) in [4.78, 5) is 17.3. The van der Waals surface area contributed by atoms with Crippen molar-refractivity contribution in [3.63, 3.8) is 0 Å². The van der Waals surface area contributed by atoms with E-state index >= 15 is 0 Å². The van der Waals surface area contributed by atoms with E-state index in [1.54, 1.807) is 30.5 Å². The van der Waals surface area contributed by atoms with E-state index in [0.717, 1.165) is 12.8 Å². The Hall–Kier alpha value is -1.69. The second kappa shape index (κ2) is 6.97. The van der Waals surface area contributed by atoms with Crippen molar-refractivity contribution in [1.82, 2.24) is 10.3 Å². The number of carbonyl (C=O) groups is 1. The normalized spacial score (nSPS) is 24.8. The molecule has 2 aromatic rings. The van der Waals surface area contributed by atoms with Crippen LogP contribution in [0.25, 0.3) is 0 Å². The van der Waals surface area contributed by atoms with E-state index in [-0.39, 0.29) is 27.8 Å². The summed E-state index contributed by atoms with van der Waals surface area (Å²) < 4.78 is 14.8. The Balaban J connectivity index is 1.69. The van der Waals surface area contributed by atoms with Gasteiger partial charge in [-0.2, -0.15) is 0 Å². The van der Waals surface area contributed by atoms with Crippen molar-refractivity contribution in [2.45, 2.75) is 38.1 Å². The van der Waals surface area contributed by atoms with Crippen LogP contribution in [0.3, 0.4) is 0 Å². The lowest BCUT2D eigenvalue weighted by molar-refractivity contribution is -0.125. The van der Waals surface area contributed by atoms with Gasteiger partial charge < -0.3 is 10.6 Å². The van der Waals surface area contributed by atoms with Crippen molar-refractivity contribution in [2.75, 3.05) is 11.9 Å². The summed E-state index contributed by atoms with van der Waals surface area (Å²) in [5.41, 5.74) is 0.863. The monoisotopic (exact) mass is 421 g/mol. The largest absolute Gasteiger partial charge is 0.326 e. The quantitative estimate of drug-likeness (QED) is 0.683. The van der Waals surface area contributed by atoms with Gasteiger partial charge in [-0.25, -0.2) is 9.37 Å². The highest BCUT2D eigenvalue weighted by molar-refractivity contribution is 6.30. The fourth-order valence-electron chi connectivity index (χ4n) is 5.16. The van der Waals surface area contributed by atoms with Crippen LogP contribution in [0.15, 0.2) is 36.5 Å². The Bertz CT molecular complexity index is 926. The summed E-state index contributed by atoms with van der Waals surface area (Å²) in [6.45, 7) is 4.90. The highest BCUT2D eigenvalue weighted by atomic mass is 35.5. The van der Waals surface area contributed by atoms with Crippen LogP contribution in [0, 0.1) is 17.2 Å². The molecule has 28 heavy (non-hydrogen) atoms. The summed E-state index contributed by atoms with van der Waals surface area (Å²) in [5, 5.41) is 6.87. The molecule has 1 saturated heterocycles. The summed E-state index contributed by atoms with van der Waals surface area (Å²) >= 11 is 12.0. The maximum Gasteiger partial charge on any atom is 0.230 e. The molecule has 1 amide bonds. The topological polar surface area (TPSA) is 54.0 Å². The molecule has 1 spiro atoms. The molecular weight excluding hydrogens is 400 g/mol. The highest BCUT2D eigenvalue weighted by Crippen LogP contribution is 2.57. The lowest BCUT2D eigenvalue weighted by atomic mass is 9.54.